The van der Waals surface area contributed by atoms with Crippen LogP contribution >= 0.6 is 0 Å². The predicted molar refractivity (Wildman–Crippen MR) is 93.5 cm³/mol. The van der Waals surface area contributed by atoms with Gasteiger partial charge in [-0.1, -0.05) is 54.4 Å². The average molecular weight is 308 g/mol. The molecular formula is C17H32N4O. The van der Waals surface area contributed by atoms with Gasteiger partial charge in [-0.15, -0.1) is 0 Å². The molecule has 0 amide bonds. The minimum absolute atomic E-state index is 0.149. The van der Waals surface area contributed by atoms with Crippen molar-refractivity contribution in [2.24, 2.45) is 5.92 Å². The number of ether oxygens (including phenoxy) is 1. The van der Waals surface area contributed by atoms with Gasteiger partial charge >= 0.3 is 0 Å². The van der Waals surface area contributed by atoms with Crippen molar-refractivity contribution in [2.75, 3.05) is 24.2 Å². The topological polar surface area (TPSA) is 73.1 Å². The molecule has 0 radical (unpaired) electrons. The van der Waals surface area contributed by atoms with Gasteiger partial charge in [0, 0.05) is 12.0 Å². The first kappa shape index (κ1) is 18.5. The van der Waals surface area contributed by atoms with E-state index in [4.69, 9.17) is 10.5 Å². The minimum atomic E-state index is -0.149. The molecule has 0 spiro atoms. The summed E-state index contributed by atoms with van der Waals surface area (Å²) in [4.78, 5) is 9.12. The molecule has 3 N–H and O–H groups in total. The first-order valence-corrected chi connectivity index (χ1v) is 8.30. The first-order valence-electron chi connectivity index (χ1n) is 8.30. The van der Waals surface area contributed by atoms with Gasteiger partial charge in [0.15, 0.2) is 5.82 Å². The van der Waals surface area contributed by atoms with Crippen LogP contribution in [0.25, 0.3) is 0 Å². The summed E-state index contributed by atoms with van der Waals surface area (Å²) in [6, 6.07) is 0. The molecule has 1 rings (SSSR count). The molecule has 22 heavy (non-hydrogen) atoms. The Hall–Kier alpha value is -1.52. The SMILES string of the molecule is CCCCCNc1nc(C(C)(C)C)nc(OCC(C)C)c1N. The van der Waals surface area contributed by atoms with Crippen molar-refractivity contribution in [3.63, 3.8) is 0 Å². The molecule has 0 aromatic carbocycles. The van der Waals surface area contributed by atoms with E-state index in [-0.39, 0.29) is 5.41 Å². The van der Waals surface area contributed by atoms with E-state index in [1.54, 1.807) is 0 Å². The van der Waals surface area contributed by atoms with E-state index in [1.165, 1.54) is 12.8 Å². The molecule has 0 aliphatic rings. The van der Waals surface area contributed by atoms with Gasteiger partial charge in [0.1, 0.15) is 11.5 Å². The van der Waals surface area contributed by atoms with Gasteiger partial charge < -0.3 is 15.8 Å². The van der Waals surface area contributed by atoms with Crippen LogP contribution in [0.5, 0.6) is 5.88 Å². The molecule has 0 atom stereocenters. The molecule has 5 nitrogen and oxygen atoms in total. The number of hydrogen-bond donors (Lipinski definition) is 2. The number of nitrogens with two attached hydrogens (primary N) is 1. The van der Waals surface area contributed by atoms with E-state index in [9.17, 15) is 0 Å². The Bertz CT molecular complexity index is 466. The lowest BCUT2D eigenvalue weighted by Gasteiger charge is -2.21. The van der Waals surface area contributed by atoms with Crippen LogP contribution in [-0.2, 0) is 5.41 Å². The van der Waals surface area contributed by atoms with Crippen LogP contribution in [0.3, 0.4) is 0 Å². The zero-order chi connectivity index (χ0) is 16.8. The van der Waals surface area contributed by atoms with Crippen LogP contribution in [0.15, 0.2) is 0 Å². The molecule has 0 bridgehead atoms. The van der Waals surface area contributed by atoms with Crippen LogP contribution in [-0.4, -0.2) is 23.1 Å². The fourth-order valence-electron chi connectivity index (χ4n) is 1.86. The van der Waals surface area contributed by atoms with Crippen molar-refractivity contribution in [1.29, 1.82) is 0 Å². The molecule has 0 unspecified atom stereocenters. The van der Waals surface area contributed by atoms with Gasteiger partial charge in [-0.25, -0.2) is 4.98 Å². The Morgan fingerprint density at radius 2 is 1.86 bits per heavy atom. The standard InChI is InChI=1S/C17H32N4O/c1-7-8-9-10-19-14-13(18)15(22-11-12(2)3)21-16(20-14)17(4,5)6/h12H,7-11,18H2,1-6H3,(H,19,20,21). The van der Waals surface area contributed by atoms with Crippen molar-refractivity contribution < 1.29 is 4.74 Å². The highest BCUT2D eigenvalue weighted by Gasteiger charge is 2.22. The number of rotatable bonds is 8. The Morgan fingerprint density at radius 3 is 2.41 bits per heavy atom. The summed E-state index contributed by atoms with van der Waals surface area (Å²) in [5.74, 6) is 2.35. The van der Waals surface area contributed by atoms with Gasteiger partial charge in [0.05, 0.1) is 6.61 Å². The maximum absolute atomic E-state index is 6.18. The van der Waals surface area contributed by atoms with Gasteiger partial charge in [-0.3, -0.25) is 0 Å². The zero-order valence-electron chi connectivity index (χ0n) is 15.0. The highest BCUT2D eigenvalue weighted by molar-refractivity contribution is 5.67. The largest absolute Gasteiger partial charge is 0.476 e. The third kappa shape index (κ3) is 5.70. The number of anilines is 2. The normalized spacial score (nSPS) is 11.8. The summed E-state index contributed by atoms with van der Waals surface area (Å²) in [5.41, 5.74) is 6.54. The molecule has 1 aromatic heterocycles. The molecule has 5 heteroatoms. The van der Waals surface area contributed by atoms with Crippen molar-refractivity contribution in [2.45, 2.75) is 66.2 Å². The number of nitrogens with zero attached hydrogens (tertiary/aromatic N) is 2. The van der Waals surface area contributed by atoms with Crippen LogP contribution in [0.1, 0.15) is 66.6 Å². The van der Waals surface area contributed by atoms with Gasteiger partial charge in [0.25, 0.3) is 0 Å². The van der Waals surface area contributed by atoms with E-state index in [1.807, 2.05) is 0 Å². The monoisotopic (exact) mass is 308 g/mol. The molecule has 0 aliphatic heterocycles. The van der Waals surface area contributed by atoms with E-state index in [0.29, 0.717) is 29.9 Å². The second-order valence-electron chi connectivity index (χ2n) is 7.20. The fraction of sp³-hybridized carbons (Fsp3) is 0.765. The third-order valence-corrected chi connectivity index (χ3v) is 3.21. The quantitative estimate of drug-likeness (QED) is 0.710. The molecule has 1 aromatic rings. The number of nitrogen functional groups attached to an aromatic ring is 1. The molecule has 0 fully saturated rings. The second kappa shape index (κ2) is 8.20. The minimum Gasteiger partial charge on any atom is -0.476 e. The van der Waals surface area contributed by atoms with Crippen LogP contribution in [0.2, 0.25) is 0 Å². The van der Waals surface area contributed by atoms with Crippen LogP contribution < -0.4 is 15.8 Å². The number of unbranched alkanes of at least 4 members (excludes halogenated alkanes) is 2. The van der Waals surface area contributed by atoms with Crippen molar-refractivity contribution in [3.8, 4) is 5.88 Å². The third-order valence-electron chi connectivity index (χ3n) is 3.21. The summed E-state index contributed by atoms with van der Waals surface area (Å²) in [7, 11) is 0. The number of aromatic nitrogens is 2. The lowest BCUT2D eigenvalue weighted by molar-refractivity contribution is 0.260. The first-order chi connectivity index (χ1) is 10.3. The van der Waals surface area contributed by atoms with Gasteiger partial charge in [0.2, 0.25) is 5.88 Å². The molecule has 0 aliphatic carbocycles. The fourth-order valence-corrected chi connectivity index (χ4v) is 1.86. The lowest BCUT2D eigenvalue weighted by atomic mass is 9.96. The number of hydrogen-bond acceptors (Lipinski definition) is 5. The summed E-state index contributed by atoms with van der Waals surface area (Å²) < 4.78 is 5.79. The maximum atomic E-state index is 6.18. The number of nitrogens with one attached hydrogen (secondary N) is 1. The smallest absolute Gasteiger partial charge is 0.242 e. The van der Waals surface area contributed by atoms with Gasteiger partial charge in [-0.2, -0.15) is 4.98 Å². The highest BCUT2D eigenvalue weighted by atomic mass is 16.5. The van der Waals surface area contributed by atoms with Crippen molar-refractivity contribution in [3.05, 3.63) is 5.82 Å². The van der Waals surface area contributed by atoms with Crippen LogP contribution in [0.4, 0.5) is 11.5 Å². The molecule has 0 saturated heterocycles. The van der Waals surface area contributed by atoms with Crippen LogP contribution in [0, 0.1) is 5.92 Å². The van der Waals surface area contributed by atoms with E-state index >= 15 is 0 Å². The van der Waals surface area contributed by atoms with Crippen molar-refractivity contribution in [1.82, 2.24) is 9.97 Å². The second-order valence-corrected chi connectivity index (χ2v) is 7.20. The Labute approximate surface area is 135 Å². The van der Waals surface area contributed by atoms with Crippen molar-refractivity contribution >= 4 is 11.5 Å². The lowest BCUT2D eigenvalue weighted by Crippen LogP contribution is -2.20. The average Bonchev–Trinajstić information content (AvgIpc) is 2.42. The Morgan fingerprint density at radius 1 is 1.18 bits per heavy atom. The van der Waals surface area contributed by atoms with E-state index in [0.717, 1.165) is 18.8 Å². The molecular weight excluding hydrogens is 276 g/mol. The molecule has 0 saturated carbocycles. The summed E-state index contributed by atoms with van der Waals surface area (Å²) in [5, 5.41) is 3.33. The Kier molecular flexibility index (Phi) is 6.91. The summed E-state index contributed by atoms with van der Waals surface area (Å²) in [6.07, 6.45) is 3.49. The molecule has 126 valence electrons. The van der Waals surface area contributed by atoms with Gasteiger partial charge in [-0.05, 0) is 12.3 Å². The zero-order valence-corrected chi connectivity index (χ0v) is 15.0. The molecule has 1 heterocycles. The van der Waals surface area contributed by atoms with E-state index in [2.05, 4.69) is 56.8 Å². The summed E-state index contributed by atoms with van der Waals surface area (Å²) in [6.45, 7) is 14.1. The van der Waals surface area contributed by atoms with E-state index < -0.39 is 0 Å². The summed E-state index contributed by atoms with van der Waals surface area (Å²) >= 11 is 0. The Balaban J connectivity index is 2.99. The highest BCUT2D eigenvalue weighted by Crippen LogP contribution is 2.30. The maximum Gasteiger partial charge on any atom is 0.242 e. The predicted octanol–water partition coefficient (Wildman–Crippen LogP) is 3.99.